The van der Waals surface area contributed by atoms with E-state index in [0.717, 1.165) is 20.3 Å². The zero-order valence-electron chi connectivity index (χ0n) is 16.0. The lowest BCUT2D eigenvalue weighted by molar-refractivity contribution is -0.129. The van der Waals surface area contributed by atoms with Crippen molar-refractivity contribution in [3.8, 4) is 5.75 Å². The Morgan fingerprint density at radius 3 is 2.33 bits per heavy atom. The topological polar surface area (TPSA) is 47.9 Å². The molecule has 0 saturated heterocycles. The molecule has 0 fully saturated rings. The van der Waals surface area contributed by atoms with Gasteiger partial charge in [0.15, 0.2) is 5.70 Å². The SMILES string of the molecule is C=CC(Oc1ccc(/C=C2\N=C(c3ccc(I)cc3)OC2=O)cc1)c1ccccc1. The molecule has 1 atom stereocenters. The van der Waals surface area contributed by atoms with Crippen molar-refractivity contribution in [1.29, 1.82) is 0 Å². The quantitative estimate of drug-likeness (QED) is 0.180. The molecule has 1 aliphatic heterocycles. The lowest BCUT2D eigenvalue weighted by Crippen LogP contribution is -2.05. The summed E-state index contributed by atoms with van der Waals surface area (Å²) in [5.41, 5.74) is 2.90. The number of carbonyl (C=O) groups is 1. The summed E-state index contributed by atoms with van der Waals surface area (Å²) in [4.78, 5) is 16.5. The molecule has 1 heterocycles. The van der Waals surface area contributed by atoms with Crippen molar-refractivity contribution in [2.45, 2.75) is 6.10 Å². The average Bonchev–Trinajstić information content (AvgIpc) is 3.14. The van der Waals surface area contributed by atoms with Crippen molar-refractivity contribution in [3.63, 3.8) is 0 Å². The molecule has 0 spiro atoms. The predicted octanol–water partition coefficient (Wildman–Crippen LogP) is 5.94. The number of esters is 1. The van der Waals surface area contributed by atoms with Crippen LogP contribution in [-0.4, -0.2) is 11.9 Å². The molecular formula is C25H18INO3. The van der Waals surface area contributed by atoms with Crippen molar-refractivity contribution < 1.29 is 14.3 Å². The Labute approximate surface area is 188 Å². The van der Waals surface area contributed by atoms with Crippen LogP contribution in [0.2, 0.25) is 0 Å². The minimum atomic E-state index is -0.459. The van der Waals surface area contributed by atoms with Gasteiger partial charge in [0, 0.05) is 9.13 Å². The molecule has 0 aromatic heterocycles. The summed E-state index contributed by atoms with van der Waals surface area (Å²) >= 11 is 2.22. The minimum absolute atomic E-state index is 0.235. The maximum Gasteiger partial charge on any atom is 0.363 e. The Morgan fingerprint density at radius 1 is 0.967 bits per heavy atom. The van der Waals surface area contributed by atoms with E-state index in [-0.39, 0.29) is 11.8 Å². The molecule has 5 heteroatoms. The number of rotatable bonds is 6. The van der Waals surface area contributed by atoms with Crippen molar-refractivity contribution in [2.75, 3.05) is 0 Å². The zero-order chi connectivity index (χ0) is 20.9. The fourth-order valence-electron chi connectivity index (χ4n) is 2.97. The number of hydrogen-bond donors (Lipinski definition) is 0. The first-order chi connectivity index (χ1) is 14.6. The molecule has 1 unspecified atom stereocenters. The fraction of sp³-hybridized carbons (Fsp3) is 0.0400. The van der Waals surface area contributed by atoms with Crippen LogP contribution >= 0.6 is 22.6 Å². The molecule has 3 aromatic rings. The molecule has 0 radical (unpaired) electrons. The lowest BCUT2D eigenvalue weighted by Gasteiger charge is -2.16. The predicted molar refractivity (Wildman–Crippen MR) is 126 cm³/mol. The largest absolute Gasteiger partial charge is 0.482 e. The van der Waals surface area contributed by atoms with Crippen molar-refractivity contribution >= 4 is 40.5 Å². The van der Waals surface area contributed by atoms with E-state index in [1.54, 1.807) is 12.2 Å². The van der Waals surface area contributed by atoms with Crippen LogP contribution in [-0.2, 0) is 9.53 Å². The van der Waals surface area contributed by atoms with Crippen LogP contribution in [0.15, 0.2) is 102 Å². The normalized spacial score (nSPS) is 15.4. The van der Waals surface area contributed by atoms with Gasteiger partial charge in [0.1, 0.15) is 11.9 Å². The van der Waals surface area contributed by atoms with Gasteiger partial charge in [0.25, 0.3) is 0 Å². The molecule has 0 amide bonds. The van der Waals surface area contributed by atoms with Crippen LogP contribution in [0.4, 0.5) is 0 Å². The molecule has 1 aliphatic rings. The summed E-state index contributed by atoms with van der Waals surface area (Å²) in [7, 11) is 0. The van der Waals surface area contributed by atoms with Gasteiger partial charge < -0.3 is 9.47 Å². The molecule has 3 aromatic carbocycles. The van der Waals surface area contributed by atoms with Gasteiger partial charge in [0.05, 0.1) is 0 Å². The highest BCUT2D eigenvalue weighted by molar-refractivity contribution is 14.1. The van der Waals surface area contributed by atoms with E-state index < -0.39 is 5.97 Å². The summed E-state index contributed by atoms with van der Waals surface area (Å²) in [6, 6.07) is 25.0. The molecule has 30 heavy (non-hydrogen) atoms. The smallest absolute Gasteiger partial charge is 0.363 e. The van der Waals surface area contributed by atoms with Gasteiger partial charge in [-0.1, -0.05) is 49.0 Å². The maximum atomic E-state index is 12.2. The van der Waals surface area contributed by atoms with Crippen molar-refractivity contribution in [2.24, 2.45) is 4.99 Å². The first kappa shape index (κ1) is 20.1. The Morgan fingerprint density at radius 2 is 1.67 bits per heavy atom. The highest BCUT2D eigenvalue weighted by atomic mass is 127. The van der Waals surface area contributed by atoms with E-state index >= 15 is 0 Å². The highest BCUT2D eigenvalue weighted by Gasteiger charge is 2.24. The molecule has 4 nitrogen and oxygen atoms in total. The monoisotopic (exact) mass is 507 g/mol. The Balaban J connectivity index is 1.50. The molecule has 4 rings (SSSR count). The van der Waals surface area contributed by atoms with E-state index in [1.165, 1.54) is 0 Å². The Kier molecular flexibility index (Phi) is 6.09. The van der Waals surface area contributed by atoms with Crippen LogP contribution in [0, 0.1) is 3.57 Å². The Hall–Kier alpha value is -3.19. The van der Waals surface area contributed by atoms with Gasteiger partial charge >= 0.3 is 5.97 Å². The van der Waals surface area contributed by atoms with E-state index in [9.17, 15) is 4.79 Å². The van der Waals surface area contributed by atoms with E-state index in [1.807, 2.05) is 78.9 Å². The second-order valence-corrected chi connectivity index (χ2v) is 7.84. The third-order valence-corrected chi connectivity index (χ3v) is 5.22. The zero-order valence-corrected chi connectivity index (χ0v) is 18.2. The minimum Gasteiger partial charge on any atom is -0.482 e. The molecule has 0 aliphatic carbocycles. The summed E-state index contributed by atoms with van der Waals surface area (Å²) in [5, 5.41) is 0. The molecular weight excluding hydrogens is 489 g/mol. The summed E-state index contributed by atoms with van der Waals surface area (Å²) < 4.78 is 12.4. The average molecular weight is 507 g/mol. The number of carbonyl (C=O) groups excluding carboxylic acids is 1. The van der Waals surface area contributed by atoms with Gasteiger partial charge in [0.2, 0.25) is 5.90 Å². The van der Waals surface area contributed by atoms with Crippen molar-refractivity contribution in [3.05, 3.63) is 117 Å². The number of nitrogens with zero attached hydrogens (tertiary/aromatic N) is 1. The molecule has 0 saturated carbocycles. The summed E-state index contributed by atoms with van der Waals surface area (Å²) in [6.07, 6.45) is 3.23. The summed E-state index contributed by atoms with van der Waals surface area (Å²) in [6.45, 7) is 3.86. The van der Waals surface area contributed by atoms with Gasteiger partial charge in [-0.3, -0.25) is 0 Å². The van der Waals surface area contributed by atoms with Gasteiger partial charge in [-0.25, -0.2) is 9.79 Å². The first-order valence-corrected chi connectivity index (χ1v) is 10.4. The second-order valence-electron chi connectivity index (χ2n) is 6.60. The number of ether oxygens (including phenoxy) is 2. The van der Waals surface area contributed by atoms with Crippen LogP contribution in [0.25, 0.3) is 6.08 Å². The van der Waals surface area contributed by atoms with E-state index in [4.69, 9.17) is 9.47 Å². The van der Waals surface area contributed by atoms with E-state index in [2.05, 4.69) is 34.2 Å². The van der Waals surface area contributed by atoms with Crippen molar-refractivity contribution in [1.82, 2.24) is 0 Å². The number of cyclic esters (lactones) is 1. The number of benzene rings is 3. The van der Waals surface area contributed by atoms with Gasteiger partial charge in [-0.15, -0.1) is 0 Å². The van der Waals surface area contributed by atoms with Crippen LogP contribution in [0.1, 0.15) is 22.8 Å². The standard InChI is InChI=1S/C25H18INO3/c1-2-23(18-6-4-3-5-7-18)29-21-14-8-17(9-15-21)16-22-25(28)30-24(27-22)19-10-12-20(26)13-11-19/h2-16,23H,1H2/b22-16-. The Bertz CT molecular complexity index is 1120. The molecule has 0 bridgehead atoms. The lowest BCUT2D eigenvalue weighted by atomic mass is 10.1. The number of halogens is 1. The van der Waals surface area contributed by atoms with E-state index in [0.29, 0.717) is 11.6 Å². The van der Waals surface area contributed by atoms with Gasteiger partial charge in [-0.05, 0) is 82.3 Å². The maximum absolute atomic E-state index is 12.2. The third-order valence-electron chi connectivity index (χ3n) is 4.50. The third kappa shape index (κ3) is 4.68. The second kappa shape index (κ2) is 9.09. The highest BCUT2D eigenvalue weighted by Crippen LogP contribution is 2.25. The van der Waals surface area contributed by atoms with Gasteiger partial charge in [-0.2, -0.15) is 0 Å². The summed E-state index contributed by atoms with van der Waals surface area (Å²) in [5.74, 6) is 0.571. The molecule has 148 valence electrons. The number of hydrogen-bond acceptors (Lipinski definition) is 4. The molecule has 0 N–H and O–H groups in total. The number of aliphatic imine (C=N–C) groups is 1. The fourth-order valence-corrected chi connectivity index (χ4v) is 3.33. The van der Waals surface area contributed by atoms with Crippen LogP contribution < -0.4 is 4.74 Å². The van der Waals surface area contributed by atoms with Crippen LogP contribution in [0.3, 0.4) is 0 Å². The van der Waals surface area contributed by atoms with Crippen LogP contribution in [0.5, 0.6) is 5.75 Å². The first-order valence-electron chi connectivity index (χ1n) is 9.35.